The predicted molar refractivity (Wildman–Crippen MR) is 152 cm³/mol. The molecule has 2 aromatic heterocycles. The van der Waals surface area contributed by atoms with Crippen LogP contribution in [0, 0.1) is 0 Å². The summed E-state index contributed by atoms with van der Waals surface area (Å²) in [6, 6.07) is 16.0. The Morgan fingerprint density at radius 1 is 1.13 bits per heavy atom. The number of thiazole rings is 1. The fourth-order valence-electron chi connectivity index (χ4n) is 4.49. The molecule has 3 heterocycles. The smallest absolute Gasteiger partial charge is 0.338 e. The van der Waals surface area contributed by atoms with Gasteiger partial charge in [0.25, 0.3) is 5.56 Å². The molecule has 0 radical (unpaired) electrons. The van der Waals surface area contributed by atoms with Gasteiger partial charge in [0.05, 0.1) is 42.7 Å². The Labute approximate surface area is 236 Å². The van der Waals surface area contributed by atoms with E-state index in [1.54, 1.807) is 45.2 Å². The van der Waals surface area contributed by atoms with E-state index in [-0.39, 0.29) is 17.7 Å². The van der Waals surface area contributed by atoms with Crippen LogP contribution in [0.15, 0.2) is 84.5 Å². The molecule has 1 atom stereocenters. The molecule has 200 valence electrons. The summed E-state index contributed by atoms with van der Waals surface area (Å²) in [7, 11) is 3.08. The third-order valence-corrected chi connectivity index (χ3v) is 7.73. The van der Waals surface area contributed by atoms with Gasteiger partial charge in [0.15, 0.2) is 16.3 Å². The second-order valence-electron chi connectivity index (χ2n) is 8.63. The molecule has 8 nitrogen and oxygen atoms in total. The number of carbonyl (C=O) groups excluding carboxylic acids is 1. The lowest BCUT2D eigenvalue weighted by Gasteiger charge is -2.25. The van der Waals surface area contributed by atoms with E-state index in [0.717, 1.165) is 10.0 Å². The number of furan rings is 1. The Bertz CT molecular complexity index is 1780. The third-order valence-electron chi connectivity index (χ3n) is 6.25. The Hall–Kier alpha value is -3.89. The summed E-state index contributed by atoms with van der Waals surface area (Å²) in [5.41, 5.74) is 2.04. The van der Waals surface area contributed by atoms with Crippen molar-refractivity contribution < 1.29 is 23.4 Å². The normalized spacial score (nSPS) is 15.1. The highest BCUT2D eigenvalue weighted by Gasteiger charge is 2.34. The summed E-state index contributed by atoms with van der Waals surface area (Å²) in [5, 5.41) is 0. The molecule has 1 aliphatic heterocycles. The quantitative estimate of drug-likeness (QED) is 0.279. The van der Waals surface area contributed by atoms with Crippen molar-refractivity contribution in [2.75, 3.05) is 20.8 Å². The maximum Gasteiger partial charge on any atom is 0.338 e. The molecule has 0 amide bonds. The Morgan fingerprint density at radius 3 is 2.64 bits per heavy atom. The molecule has 0 bridgehead atoms. The third kappa shape index (κ3) is 5.09. The van der Waals surface area contributed by atoms with Gasteiger partial charge in [-0.05, 0) is 55.8 Å². The number of rotatable bonds is 7. The molecule has 2 aromatic carbocycles. The number of halogens is 1. The zero-order chi connectivity index (χ0) is 27.7. The number of fused-ring (bicyclic) bond motifs is 1. The minimum absolute atomic E-state index is 0.192. The van der Waals surface area contributed by atoms with E-state index in [2.05, 4.69) is 20.9 Å². The lowest BCUT2D eigenvalue weighted by molar-refractivity contribution is -0.139. The van der Waals surface area contributed by atoms with Crippen LogP contribution in [0.1, 0.15) is 31.2 Å². The van der Waals surface area contributed by atoms with Crippen LogP contribution in [0.2, 0.25) is 0 Å². The number of hydrogen-bond donors (Lipinski definition) is 0. The van der Waals surface area contributed by atoms with Gasteiger partial charge in [-0.1, -0.05) is 45.5 Å². The maximum absolute atomic E-state index is 13.8. The summed E-state index contributed by atoms with van der Waals surface area (Å²) in [6.07, 6.45) is 1.69. The second kappa shape index (κ2) is 11.1. The van der Waals surface area contributed by atoms with E-state index in [0.29, 0.717) is 43.6 Å². The van der Waals surface area contributed by atoms with Gasteiger partial charge < -0.3 is 18.6 Å². The molecule has 4 aromatic rings. The minimum atomic E-state index is -0.768. The van der Waals surface area contributed by atoms with E-state index < -0.39 is 12.0 Å². The van der Waals surface area contributed by atoms with Crippen LogP contribution in [0.25, 0.3) is 17.4 Å². The van der Waals surface area contributed by atoms with E-state index in [4.69, 9.17) is 18.6 Å². The SMILES string of the molecule is CCOC(=O)C1=C(C)N=c2s/c(=C\c3ccc(-c4cccc(Br)c4)o3)c(=O)n2C1c1ccc(OC)c(OC)c1. The highest BCUT2D eigenvalue weighted by atomic mass is 79.9. The number of methoxy groups -OCH3 is 2. The number of esters is 1. The van der Waals surface area contributed by atoms with Gasteiger partial charge in [-0.3, -0.25) is 9.36 Å². The van der Waals surface area contributed by atoms with Crippen LogP contribution in [0.5, 0.6) is 11.5 Å². The number of nitrogens with zero attached hydrogens (tertiary/aromatic N) is 2. The number of hydrogen-bond acceptors (Lipinski definition) is 8. The monoisotopic (exact) mass is 608 g/mol. The Balaban J connectivity index is 1.66. The van der Waals surface area contributed by atoms with Crippen LogP contribution in [0.3, 0.4) is 0 Å². The van der Waals surface area contributed by atoms with Gasteiger partial charge in [-0.25, -0.2) is 9.79 Å². The van der Waals surface area contributed by atoms with Crippen molar-refractivity contribution in [2.24, 2.45) is 4.99 Å². The van der Waals surface area contributed by atoms with Crippen molar-refractivity contribution in [3.8, 4) is 22.8 Å². The molecule has 1 unspecified atom stereocenters. The van der Waals surface area contributed by atoms with Crippen molar-refractivity contribution in [2.45, 2.75) is 19.9 Å². The number of ether oxygens (including phenoxy) is 3. The summed E-state index contributed by atoms with van der Waals surface area (Å²) >= 11 is 4.71. The fraction of sp³-hybridized carbons (Fsp3) is 0.207. The van der Waals surface area contributed by atoms with Gasteiger partial charge in [0, 0.05) is 16.1 Å². The van der Waals surface area contributed by atoms with Crippen molar-refractivity contribution in [1.29, 1.82) is 0 Å². The highest BCUT2D eigenvalue weighted by molar-refractivity contribution is 9.10. The first kappa shape index (κ1) is 26.7. The summed E-state index contributed by atoms with van der Waals surface area (Å²) in [5.74, 6) is 1.69. The second-order valence-corrected chi connectivity index (χ2v) is 10.6. The molecular weight excluding hydrogens is 584 g/mol. The Kier molecular flexibility index (Phi) is 7.58. The number of aromatic nitrogens is 1. The number of allylic oxidation sites excluding steroid dienone is 1. The summed E-state index contributed by atoms with van der Waals surface area (Å²) in [4.78, 5) is 32.0. The number of carbonyl (C=O) groups is 1. The zero-order valence-corrected chi connectivity index (χ0v) is 24.1. The molecule has 39 heavy (non-hydrogen) atoms. The number of benzene rings is 2. The standard InChI is InChI=1S/C29H25BrN2O6S/c1-5-37-28(34)25-16(2)31-29-32(26(25)18-9-11-22(35-3)23(14-18)36-4)27(33)24(39-29)15-20-10-12-21(38-20)17-7-6-8-19(30)13-17/h6-15,26H,5H2,1-4H3/b24-15-. The minimum Gasteiger partial charge on any atom is -0.493 e. The average molecular weight is 609 g/mol. The lowest BCUT2D eigenvalue weighted by Crippen LogP contribution is -2.39. The maximum atomic E-state index is 13.8. The van der Waals surface area contributed by atoms with Crippen molar-refractivity contribution in [3.63, 3.8) is 0 Å². The largest absolute Gasteiger partial charge is 0.493 e. The molecule has 0 N–H and O–H groups in total. The van der Waals surface area contributed by atoms with E-state index >= 15 is 0 Å². The van der Waals surface area contributed by atoms with E-state index in [9.17, 15) is 9.59 Å². The first-order valence-electron chi connectivity index (χ1n) is 12.1. The molecular formula is C29H25BrN2O6S. The first-order valence-corrected chi connectivity index (χ1v) is 13.7. The van der Waals surface area contributed by atoms with Crippen molar-refractivity contribution >= 4 is 39.3 Å². The van der Waals surface area contributed by atoms with Gasteiger partial charge in [0.2, 0.25) is 0 Å². The van der Waals surface area contributed by atoms with Gasteiger partial charge in [-0.2, -0.15) is 0 Å². The molecule has 0 saturated heterocycles. The molecule has 10 heteroatoms. The Morgan fingerprint density at radius 2 is 1.92 bits per heavy atom. The molecule has 0 saturated carbocycles. The van der Waals surface area contributed by atoms with Gasteiger partial charge in [0.1, 0.15) is 11.5 Å². The molecule has 0 spiro atoms. The molecule has 1 aliphatic rings. The highest BCUT2D eigenvalue weighted by Crippen LogP contribution is 2.36. The lowest BCUT2D eigenvalue weighted by atomic mass is 9.95. The topological polar surface area (TPSA) is 92.3 Å². The molecule has 0 fully saturated rings. The van der Waals surface area contributed by atoms with Gasteiger partial charge >= 0.3 is 5.97 Å². The van der Waals surface area contributed by atoms with Crippen LogP contribution >= 0.6 is 27.3 Å². The molecule has 0 aliphatic carbocycles. The zero-order valence-electron chi connectivity index (χ0n) is 21.7. The first-order chi connectivity index (χ1) is 18.8. The van der Waals surface area contributed by atoms with E-state index in [1.165, 1.54) is 23.0 Å². The van der Waals surface area contributed by atoms with E-state index in [1.807, 2.05) is 36.4 Å². The molecule has 5 rings (SSSR count). The van der Waals surface area contributed by atoms with Crippen molar-refractivity contribution in [3.05, 3.63) is 101 Å². The predicted octanol–water partition coefficient (Wildman–Crippen LogP) is 4.84. The van der Waals surface area contributed by atoms with Crippen LogP contribution in [0.4, 0.5) is 0 Å². The summed E-state index contributed by atoms with van der Waals surface area (Å²) in [6.45, 7) is 3.67. The van der Waals surface area contributed by atoms with Crippen LogP contribution in [-0.2, 0) is 9.53 Å². The summed E-state index contributed by atoms with van der Waals surface area (Å²) < 4.78 is 25.2. The van der Waals surface area contributed by atoms with Crippen LogP contribution in [-0.4, -0.2) is 31.4 Å². The average Bonchev–Trinajstić information content (AvgIpc) is 3.52. The van der Waals surface area contributed by atoms with Gasteiger partial charge in [-0.15, -0.1) is 0 Å². The van der Waals surface area contributed by atoms with Crippen molar-refractivity contribution in [1.82, 2.24) is 4.57 Å². The van der Waals surface area contributed by atoms with Crippen LogP contribution < -0.4 is 24.4 Å². The fourth-order valence-corrected chi connectivity index (χ4v) is 5.91.